The molecule has 1 saturated carbocycles. The Morgan fingerprint density at radius 3 is 2.40 bits per heavy atom. The summed E-state index contributed by atoms with van der Waals surface area (Å²) < 4.78 is 11.4. The van der Waals surface area contributed by atoms with Crippen molar-refractivity contribution in [3.63, 3.8) is 0 Å². The second-order valence-corrected chi connectivity index (χ2v) is 4.47. The number of hydrogen-bond donors (Lipinski definition) is 0. The lowest BCUT2D eigenvalue weighted by Crippen LogP contribution is -2.06. The molecule has 0 bridgehead atoms. The van der Waals surface area contributed by atoms with Gasteiger partial charge in [0.25, 0.3) is 0 Å². The van der Waals surface area contributed by atoms with Crippen LogP contribution in [0.15, 0.2) is 18.2 Å². The van der Waals surface area contributed by atoms with E-state index in [4.69, 9.17) is 9.47 Å². The predicted molar refractivity (Wildman–Crippen MR) is 60.6 cm³/mol. The molecule has 2 rings (SSSR count). The lowest BCUT2D eigenvalue weighted by molar-refractivity contribution is 0.239. The van der Waals surface area contributed by atoms with Crippen molar-refractivity contribution in [3.05, 3.63) is 23.8 Å². The Hall–Kier alpha value is -1.18. The first-order valence-corrected chi connectivity index (χ1v) is 5.58. The molecule has 0 unspecified atom stereocenters. The maximum Gasteiger partial charge on any atom is 0.123 e. The third kappa shape index (κ3) is 3.15. The second kappa shape index (κ2) is 4.13. The third-order valence-electron chi connectivity index (χ3n) is 2.22. The topological polar surface area (TPSA) is 18.5 Å². The van der Waals surface area contributed by atoms with Crippen molar-refractivity contribution >= 4 is 0 Å². The maximum atomic E-state index is 5.75. The summed E-state index contributed by atoms with van der Waals surface area (Å²) in [7, 11) is 0. The van der Waals surface area contributed by atoms with E-state index in [-0.39, 0.29) is 6.10 Å². The van der Waals surface area contributed by atoms with Crippen LogP contribution in [-0.2, 0) is 0 Å². The summed E-state index contributed by atoms with van der Waals surface area (Å²) >= 11 is 0. The Bertz CT molecular complexity index is 318. The third-order valence-corrected chi connectivity index (χ3v) is 2.22. The van der Waals surface area contributed by atoms with Gasteiger partial charge in [0, 0.05) is 6.07 Å². The highest BCUT2D eigenvalue weighted by atomic mass is 16.5. The van der Waals surface area contributed by atoms with Crippen LogP contribution in [0.1, 0.15) is 32.3 Å². The quantitative estimate of drug-likeness (QED) is 0.752. The monoisotopic (exact) mass is 206 g/mol. The van der Waals surface area contributed by atoms with E-state index in [0.717, 1.165) is 11.5 Å². The first-order chi connectivity index (χ1) is 7.13. The van der Waals surface area contributed by atoms with Crippen molar-refractivity contribution in [2.24, 2.45) is 0 Å². The Labute approximate surface area is 91.2 Å². The van der Waals surface area contributed by atoms with Gasteiger partial charge >= 0.3 is 0 Å². The molecule has 0 heterocycles. The normalized spacial score (nSPS) is 15.5. The SMILES string of the molecule is Cc1cc(OC(C)C)cc(OC2CC2)c1. The van der Waals surface area contributed by atoms with Crippen molar-refractivity contribution in [2.75, 3.05) is 0 Å². The molecule has 1 fully saturated rings. The first kappa shape index (κ1) is 10.3. The van der Waals surface area contributed by atoms with Gasteiger partial charge in [0.05, 0.1) is 12.2 Å². The summed E-state index contributed by atoms with van der Waals surface area (Å²) in [5.74, 6) is 1.84. The predicted octanol–water partition coefficient (Wildman–Crippen LogP) is 3.32. The summed E-state index contributed by atoms with van der Waals surface area (Å²) in [4.78, 5) is 0. The molecule has 0 spiro atoms. The van der Waals surface area contributed by atoms with Gasteiger partial charge in [-0.25, -0.2) is 0 Å². The van der Waals surface area contributed by atoms with E-state index in [1.807, 2.05) is 26.0 Å². The molecule has 1 aliphatic carbocycles. The zero-order valence-corrected chi connectivity index (χ0v) is 9.62. The molecule has 1 aliphatic rings. The van der Waals surface area contributed by atoms with Crippen molar-refractivity contribution in [1.29, 1.82) is 0 Å². The average Bonchev–Trinajstić information content (AvgIpc) is 2.85. The van der Waals surface area contributed by atoms with Crippen molar-refractivity contribution in [3.8, 4) is 11.5 Å². The van der Waals surface area contributed by atoms with Crippen molar-refractivity contribution in [2.45, 2.75) is 45.8 Å². The van der Waals surface area contributed by atoms with Gasteiger partial charge in [0.2, 0.25) is 0 Å². The molecule has 0 aromatic heterocycles. The van der Waals surface area contributed by atoms with E-state index >= 15 is 0 Å². The lowest BCUT2D eigenvalue weighted by atomic mass is 10.2. The Kier molecular flexibility index (Phi) is 2.85. The van der Waals surface area contributed by atoms with E-state index in [1.165, 1.54) is 18.4 Å². The van der Waals surface area contributed by atoms with Crippen LogP contribution in [0.4, 0.5) is 0 Å². The zero-order chi connectivity index (χ0) is 10.8. The van der Waals surface area contributed by atoms with Gasteiger partial charge in [-0.1, -0.05) is 0 Å². The lowest BCUT2D eigenvalue weighted by Gasteiger charge is -2.12. The van der Waals surface area contributed by atoms with E-state index in [1.54, 1.807) is 0 Å². The van der Waals surface area contributed by atoms with Gasteiger partial charge < -0.3 is 9.47 Å². The highest BCUT2D eigenvalue weighted by molar-refractivity contribution is 5.38. The van der Waals surface area contributed by atoms with Crippen LogP contribution in [0, 0.1) is 6.92 Å². The minimum atomic E-state index is 0.209. The van der Waals surface area contributed by atoms with Crippen LogP contribution in [0.25, 0.3) is 0 Å². The van der Waals surface area contributed by atoms with Crippen molar-refractivity contribution < 1.29 is 9.47 Å². The number of benzene rings is 1. The Morgan fingerprint density at radius 1 is 1.13 bits per heavy atom. The van der Waals surface area contributed by atoms with E-state index in [0.29, 0.717) is 6.10 Å². The molecule has 0 atom stereocenters. The number of ether oxygens (including phenoxy) is 2. The minimum absolute atomic E-state index is 0.209. The van der Waals surface area contributed by atoms with Crippen LogP contribution in [0.5, 0.6) is 11.5 Å². The second-order valence-electron chi connectivity index (χ2n) is 4.47. The van der Waals surface area contributed by atoms with Crippen LogP contribution in [0.3, 0.4) is 0 Å². The Morgan fingerprint density at radius 2 is 1.80 bits per heavy atom. The van der Waals surface area contributed by atoms with Crippen LogP contribution < -0.4 is 9.47 Å². The minimum Gasteiger partial charge on any atom is -0.491 e. The smallest absolute Gasteiger partial charge is 0.123 e. The summed E-state index contributed by atoms with van der Waals surface area (Å²) in [6, 6.07) is 6.08. The van der Waals surface area contributed by atoms with E-state index in [2.05, 4.69) is 13.0 Å². The largest absolute Gasteiger partial charge is 0.491 e. The van der Waals surface area contributed by atoms with Crippen LogP contribution in [-0.4, -0.2) is 12.2 Å². The molecule has 0 amide bonds. The van der Waals surface area contributed by atoms with E-state index < -0.39 is 0 Å². The highest BCUT2D eigenvalue weighted by Crippen LogP contribution is 2.30. The fraction of sp³-hybridized carbons (Fsp3) is 0.538. The standard InChI is InChI=1S/C13H18O2/c1-9(2)14-12-6-10(3)7-13(8-12)15-11-4-5-11/h6-9,11H,4-5H2,1-3H3. The number of aryl methyl sites for hydroxylation is 1. The number of rotatable bonds is 4. The fourth-order valence-corrected chi connectivity index (χ4v) is 1.50. The van der Waals surface area contributed by atoms with Crippen LogP contribution in [0.2, 0.25) is 0 Å². The summed E-state index contributed by atoms with van der Waals surface area (Å²) in [5, 5.41) is 0. The number of hydrogen-bond acceptors (Lipinski definition) is 2. The molecule has 0 saturated heterocycles. The highest BCUT2D eigenvalue weighted by Gasteiger charge is 2.23. The van der Waals surface area contributed by atoms with Crippen molar-refractivity contribution in [1.82, 2.24) is 0 Å². The summed E-state index contributed by atoms with van der Waals surface area (Å²) in [6.45, 7) is 6.13. The zero-order valence-electron chi connectivity index (χ0n) is 9.62. The molecule has 82 valence electrons. The van der Waals surface area contributed by atoms with Gasteiger partial charge in [-0.05, 0) is 51.3 Å². The van der Waals surface area contributed by atoms with Gasteiger partial charge in [-0.2, -0.15) is 0 Å². The molecular formula is C13H18O2. The first-order valence-electron chi connectivity index (χ1n) is 5.58. The summed E-state index contributed by atoms with van der Waals surface area (Å²) in [5.41, 5.74) is 1.18. The summed E-state index contributed by atoms with van der Waals surface area (Å²) in [6.07, 6.45) is 3.03. The molecule has 0 aliphatic heterocycles. The molecule has 2 nitrogen and oxygen atoms in total. The molecule has 0 N–H and O–H groups in total. The average molecular weight is 206 g/mol. The van der Waals surface area contributed by atoms with E-state index in [9.17, 15) is 0 Å². The molecular weight excluding hydrogens is 188 g/mol. The molecule has 2 heteroatoms. The molecule has 1 aromatic carbocycles. The maximum absolute atomic E-state index is 5.75. The Balaban J connectivity index is 2.11. The molecule has 0 radical (unpaired) electrons. The van der Waals surface area contributed by atoms with Gasteiger partial charge in [0.1, 0.15) is 11.5 Å². The molecule has 1 aromatic rings. The van der Waals surface area contributed by atoms with Crippen LogP contribution >= 0.6 is 0 Å². The fourth-order valence-electron chi connectivity index (χ4n) is 1.50. The molecule has 15 heavy (non-hydrogen) atoms. The van der Waals surface area contributed by atoms with Gasteiger partial charge in [-0.15, -0.1) is 0 Å². The van der Waals surface area contributed by atoms with Gasteiger partial charge in [-0.3, -0.25) is 0 Å². The van der Waals surface area contributed by atoms with Gasteiger partial charge in [0.15, 0.2) is 0 Å².